The minimum atomic E-state index is -0.112. The van der Waals surface area contributed by atoms with Crippen LogP contribution >= 0.6 is 0 Å². The fourth-order valence-electron chi connectivity index (χ4n) is 3.26. The Kier molecular flexibility index (Phi) is 3.49. The smallest absolute Gasteiger partial charge is 0.255 e. The van der Waals surface area contributed by atoms with Gasteiger partial charge in [0.15, 0.2) is 11.5 Å². The molecule has 0 saturated carbocycles. The molecule has 1 amide bonds. The highest BCUT2D eigenvalue weighted by atomic mass is 16.5. The second kappa shape index (κ2) is 5.31. The molecule has 0 fully saturated rings. The van der Waals surface area contributed by atoms with Crippen LogP contribution in [0.25, 0.3) is 0 Å². The van der Waals surface area contributed by atoms with E-state index < -0.39 is 0 Å². The Balaban J connectivity index is 2.23. The minimum absolute atomic E-state index is 0.112. The Morgan fingerprint density at radius 1 is 1.05 bits per heavy atom. The number of ether oxygens (including phenoxy) is 3. The van der Waals surface area contributed by atoms with Crippen molar-refractivity contribution < 1.29 is 19.0 Å². The van der Waals surface area contributed by atoms with Crippen molar-refractivity contribution in [3.63, 3.8) is 0 Å². The fourth-order valence-corrected chi connectivity index (χ4v) is 3.26. The topological polar surface area (TPSA) is 56.8 Å². The van der Waals surface area contributed by atoms with Crippen LogP contribution < -0.4 is 19.5 Å². The van der Waals surface area contributed by atoms with Crippen LogP contribution in [0.15, 0.2) is 18.2 Å². The highest BCUT2D eigenvalue weighted by molar-refractivity contribution is 6.01. The van der Waals surface area contributed by atoms with Gasteiger partial charge < -0.3 is 19.5 Å². The minimum Gasteiger partial charge on any atom is -0.493 e. The summed E-state index contributed by atoms with van der Waals surface area (Å²) in [4.78, 5) is 12.5. The number of allylic oxidation sites excluding steroid dienone is 1. The van der Waals surface area contributed by atoms with Crippen molar-refractivity contribution in [3.8, 4) is 17.2 Å². The van der Waals surface area contributed by atoms with Gasteiger partial charge in [-0.2, -0.15) is 0 Å². The van der Waals surface area contributed by atoms with E-state index >= 15 is 0 Å². The molecule has 2 aliphatic rings. The summed E-state index contributed by atoms with van der Waals surface area (Å²) in [6.07, 6.45) is 6.03. The fraction of sp³-hybridized carbons (Fsp3) is 0.438. The average Bonchev–Trinajstić information content (AvgIpc) is 2.52. The second-order valence-electron chi connectivity index (χ2n) is 5.24. The molecule has 0 aromatic heterocycles. The molecule has 3 rings (SSSR count). The number of benzene rings is 1. The molecule has 0 radical (unpaired) electrons. The zero-order valence-electron chi connectivity index (χ0n) is 12.4. The molecule has 1 heterocycles. The maximum absolute atomic E-state index is 12.5. The van der Waals surface area contributed by atoms with Crippen molar-refractivity contribution in [2.45, 2.75) is 24.8 Å². The Morgan fingerprint density at radius 3 is 2.43 bits per heavy atom. The summed E-state index contributed by atoms with van der Waals surface area (Å²) in [5.41, 5.74) is 1.54. The van der Waals surface area contributed by atoms with Gasteiger partial charge in [-0.3, -0.25) is 4.79 Å². The van der Waals surface area contributed by atoms with E-state index in [0.29, 0.717) is 22.8 Å². The van der Waals surface area contributed by atoms with Crippen molar-refractivity contribution in [2.24, 2.45) is 0 Å². The summed E-state index contributed by atoms with van der Waals surface area (Å²) in [6.45, 7) is 0. The third-order valence-corrected chi connectivity index (χ3v) is 4.24. The molecule has 1 aromatic carbocycles. The van der Waals surface area contributed by atoms with E-state index in [4.69, 9.17) is 14.2 Å². The third kappa shape index (κ3) is 2.04. The lowest BCUT2D eigenvalue weighted by atomic mass is 9.78. The van der Waals surface area contributed by atoms with Crippen molar-refractivity contribution in [2.75, 3.05) is 21.3 Å². The SMILES string of the molecule is COc1cc2c(c(OC)c1OC)C(=O)N[C@H]1CC=CC[C@H]21. The van der Waals surface area contributed by atoms with Gasteiger partial charge >= 0.3 is 0 Å². The molecule has 112 valence electrons. The van der Waals surface area contributed by atoms with Crippen LogP contribution in [-0.2, 0) is 0 Å². The highest BCUT2D eigenvalue weighted by Crippen LogP contribution is 2.47. The first-order chi connectivity index (χ1) is 10.2. The van der Waals surface area contributed by atoms with E-state index in [2.05, 4.69) is 17.5 Å². The van der Waals surface area contributed by atoms with Gasteiger partial charge in [0.2, 0.25) is 5.75 Å². The Hall–Kier alpha value is -2.17. The van der Waals surface area contributed by atoms with Gasteiger partial charge in [0.05, 0.1) is 26.9 Å². The van der Waals surface area contributed by atoms with Gasteiger partial charge in [0.1, 0.15) is 0 Å². The maximum Gasteiger partial charge on any atom is 0.255 e. The number of rotatable bonds is 3. The zero-order valence-corrected chi connectivity index (χ0v) is 12.4. The highest BCUT2D eigenvalue weighted by Gasteiger charge is 2.38. The van der Waals surface area contributed by atoms with E-state index in [1.54, 1.807) is 14.2 Å². The van der Waals surface area contributed by atoms with Crippen LogP contribution in [-0.4, -0.2) is 33.3 Å². The standard InChI is InChI=1S/C16H19NO4/c1-19-12-8-10-9-6-4-5-7-11(9)17-16(18)13(10)15(21-3)14(12)20-2/h4-5,8-9,11H,6-7H2,1-3H3,(H,17,18)/t9-,11+/m1/s1. The Bertz CT molecular complexity index is 609. The molecule has 0 bridgehead atoms. The molecule has 2 atom stereocenters. The molecule has 1 aliphatic heterocycles. The molecule has 21 heavy (non-hydrogen) atoms. The van der Waals surface area contributed by atoms with E-state index in [1.165, 1.54) is 7.11 Å². The van der Waals surface area contributed by atoms with Crippen molar-refractivity contribution in [3.05, 3.63) is 29.3 Å². The number of amides is 1. The lowest BCUT2D eigenvalue weighted by molar-refractivity contribution is 0.0909. The summed E-state index contributed by atoms with van der Waals surface area (Å²) in [5, 5.41) is 3.07. The first-order valence-corrected chi connectivity index (χ1v) is 7.00. The number of carbonyl (C=O) groups excluding carboxylic acids is 1. The first-order valence-electron chi connectivity index (χ1n) is 7.00. The summed E-state index contributed by atoms with van der Waals surface area (Å²) >= 11 is 0. The summed E-state index contributed by atoms with van der Waals surface area (Å²) < 4.78 is 16.2. The van der Waals surface area contributed by atoms with Gasteiger partial charge in [-0.1, -0.05) is 12.2 Å². The molecular formula is C16H19NO4. The molecule has 5 nitrogen and oxygen atoms in total. The summed E-state index contributed by atoms with van der Waals surface area (Å²) in [5.74, 6) is 1.63. The average molecular weight is 289 g/mol. The van der Waals surface area contributed by atoms with Crippen LogP contribution in [0.4, 0.5) is 0 Å². The Labute approximate surface area is 123 Å². The monoisotopic (exact) mass is 289 g/mol. The maximum atomic E-state index is 12.5. The van der Waals surface area contributed by atoms with E-state index in [-0.39, 0.29) is 17.9 Å². The number of fused-ring (bicyclic) bond motifs is 3. The molecule has 1 aliphatic carbocycles. The molecule has 1 N–H and O–H groups in total. The zero-order chi connectivity index (χ0) is 15.0. The van der Waals surface area contributed by atoms with Crippen LogP contribution in [0.3, 0.4) is 0 Å². The summed E-state index contributed by atoms with van der Waals surface area (Å²) in [6, 6.07) is 2.05. The lowest BCUT2D eigenvalue weighted by Crippen LogP contribution is -2.45. The van der Waals surface area contributed by atoms with Crippen molar-refractivity contribution >= 4 is 5.91 Å². The number of carbonyl (C=O) groups is 1. The lowest BCUT2D eigenvalue weighted by Gasteiger charge is -2.36. The summed E-state index contributed by atoms with van der Waals surface area (Å²) in [7, 11) is 4.67. The molecular weight excluding hydrogens is 270 g/mol. The number of methoxy groups -OCH3 is 3. The van der Waals surface area contributed by atoms with Gasteiger partial charge in [-0.25, -0.2) is 0 Å². The molecule has 1 aromatic rings. The van der Waals surface area contributed by atoms with Crippen molar-refractivity contribution in [1.82, 2.24) is 5.32 Å². The van der Waals surface area contributed by atoms with Crippen LogP contribution in [0.5, 0.6) is 17.2 Å². The molecule has 0 unspecified atom stereocenters. The molecule has 5 heteroatoms. The number of hydrogen-bond acceptors (Lipinski definition) is 4. The molecule has 0 spiro atoms. The predicted octanol–water partition coefficient (Wildman–Crippen LogP) is 2.26. The molecule has 0 saturated heterocycles. The second-order valence-corrected chi connectivity index (χ2v) is 5.24. The van der Waals surface area contributed by atoms with Gasteiger partial charge in [0.25, 0.3) is 5.91 Å². The van der Waals surface area contributed by atoms with E-state index in [1.807, 2.05) is 6.07 Å². The first kappa shape index (κ1) is 13.8. The van der Waals surface area contributed by atoms with Crippen LogP contribution in [0.2, 0.25) is 0 Å². The van der Waals surface area contributed by atoms with Gasteiger partial charge in [-0.15, -0.1) is 0 Å². The normalized spacial score (nSPS) is 22.9. The largest absolute Gasteiger partial charge is 0.493 e. The van der Waals surface area contributed by atoms with Crippen LogP contribution in [0, 0.1) is 0 Å². The number of hydrogen-bond donors (Lipinski definition) is 1. The quantitative estimate of drug-likeness (QED) is 0.867. The van der Waals surface area contributed by atoms with Gasteiger partial charge in [-0.05, 0) is 24.5 Å². The van der Waals surface area contributed by atoms with E-state index in [0.717, 1.165) is 18.4 Å². The van der Waals surface area contributed by atoms with Gasteiger partial charge in [0, 0.05) is 12.0 Å². The predicted molar refractivity (Wildman–Crippen MR) is 78.5 cm³/mol. The van der Waals surface area contributed by atoms with E-state index in [9.17, 15) is 4.79 Å². The Morgan fingerprint density at radius 2 is 1.76 bits per heavy atom. The van der Waals surface area contributed by atoms with Crippen LogP contribution in [0.1, 0.15) is 34.7 Å². The number of nitrogens with one attached hydrogen (secondary N) is 1. The third-order valence-electron chi connectivity index (χ3n) is 4.24. The van der Waals surface area contributed by atoms with Crippen molar-refractivity contribution in [1.29, 1.82) is 0 Å².